The van der Waals surface area contributed by atoms with E-state index in [1.807, 2.05) is 0 Å². The van der Waals surface area contributed by atoms with Gasteiger partial charge in [0.2, 0.25) is 0 Å². The molecule has 48 heavy (non-hydrogen) atoms. The number of rotatable bonds is 36. The van der Waals surface area contributed by atoms with Gasteiger partial charge in [0.25, 0.3) is 0 Å². The Morgan fingerprint density at radius 2 is 0.771 bits per heavy atom. The lowest BCUT2D eigenvalue weighted by atomic mass is 9.83. The molecule has 280 valence electrons. The largest absolute Gasteiger partial charge is 0.480 e. The van der Waals surface area contributed by atoms with Crippen molar-refractivity contribution < 1.29 is 34.2 Å². The minimum atomic E-state index is -2.21. The predicted molar refractivity (Wildman–Crippen MR) is 200 cm³/mol. The highest BCUT2D eigenvalue weighted by Gasteiger charge is 2.50. The molecule has 0 aliphatic heterocycles. The summed E-state index contributed by atoms with van der Waals surface area (Å²) in [4.78, 5) is 64.2. The molecule has 2 atom stereocenters. The highest BCUT2D eigenvalue weighted by atomic mass is 32.2. The average Bonchev–Trinajstić information content (AvgIpc) is 3.05. The minimum Gasteiger partial charge on any atom is -0.480 e. The number of hydrogen-bond acceptors (Lipinski definition) is 6. The van der Waals surface area contributed by atoms with Crippen molar-refractivity contribution in [3.63, 3.8) is 0 Å². The van der Waals surface area contributed by atoms with Crippen molar-refractivity contribution >= 4 is 41.1 Å². The monoisotopic (exact) mass is 696 g/mol. The molecule has 0 saturated carbocycles. The van der Waals surface area contributed by atoms with E-state index in [-0.39, 0.29) is 12.8 Å². The fourth-order valence-corrected chi connectivity index (χ4v) is 7.43. The first-order chi connectivity index (χ1) is 23.0. The molecule has 0 aliphatic carbocycles. The Balaban J connectivity index is 4.85. The second-order valence-corrected chi connectivity index (χ2v) is 15.9. The van der Waals surface area contributed by atoms with Gasteiger partial charge in [0.15, 0.2) is 22.1 Å². The first kappa shape index (κ1) is 46.3. The van der Waals surface area contributed by atoms with Crippen LogP contribution in [0.15, 0.2) is 0 Å². The van der Waals surface area contributed by atoms with Gasteiger partial charge in [-0.1, -0.05) is 168 Å². The van der Waals surface area contributed by atoms with E-state index < -0.39 is 45.2 Å². The number of aliphatic carboxylic acids is 2. The summed E-state index contributed by atoms with van der Waals surface area (Å²) < 4.78 is -2.21. The zero-order chi connectivity index (χ0) is 36.0. The number of carbonyl (C=O) groups excluding carboxylic acids is 3. The Hall–Kier alpha value is -1.70. The summed E-state index contributed by atoms with van der Waals surface area (Å²) in [5.74, 6) is -6.49. The van der Waals surface area contributed by atoms with Crippen LogP contribution >= 0.6 is 11.8 Å². The fourth-order valence-electron chi connectivity index (χ4n) is 6.29. The molecule has 0 fully saturated rings. The fraction of sp³-hybridized carbons (Fsp3) is 0.875. The van der Waals surface area contributed by atoms with Gasteiger partial charge in [-0.05, 0) is 26.7 Å². The standard InChI is InChI=1S/C40H72O7S/c1-5-7-9-11-13-15-17-19-21-23-25-27-29-31-34(41)36(37(43)40(4,39(46)47)48-33(3)38(44)45)35(42)32-30-28-26-24-22-20-18-16-14-12-10-8-6-2/h33,36H,5-32H2,1-4H3,(H,44,45)(H,46,47). The topological polar surface area (TPSA) is 126 Å². The van der Waals surface area contributed by atoms with Gasteiger partial charge in [0, 0.05) is 12.8 Å². The number of hydrogen-bond donors (Lipinski definition) is 2. The SMILES string of the molecule is CCCCCCCCCCCCCCCC(=O)C(C(=O)CCCCCCCCCCCCCCC)C(=O)C(C)(SC(C)C(=O)O)C(=O)O. The van der Waals surface area contributed by atoms with Crippen molar-refractivity contribution in [1.29, 1.82) is 0 Å². The Bertz CT molecular complexity index is 847. The average molecular weight is 697 g/mol. The molecule has 7 nitrogen and oxygen atoms in total. The third kappa shape index (κ3) is 22.1. The van der Waals surface area contributed by atoms with Crippen LogP contribution in [0.25, 0.3) is 0 Å². The summed E-state index contributed by atoms with van der Waals surface area (Å²) >= 11 is 0.477. The molecule has 0 rings (SSSR count). The van der Waals surface area contributed by atoms with Gasteiger partial charge in [0.1, 0.15) is 11.2 Å². The molecular formula is C40H72O7S. The van der Waals surface area contributed by atoms with Gasteiger partial charge in [0.05, 0.1) is 0 Å². The second-order valence-electron chi connectivity index (χ2n) is 14.2. The van der Waals surface area contributed by atoms with Gasteiger partial charge in [-0.3, -0.25) is 24.0 Å². The maximum absolute atomic E-state index is 13.7. The third-order valence-electron chi connectivity index (χ3n) is 9.60. The van der Waals surface area contributed by atoms with Crippen LogP contribution in [-0.4, -0.2) is 49.5 Å². The van der Waals surface area contributed by atoms with Crippen LogP contribution in [0.2, 0.25) is 0 Å². The van der Waals surface area contributed by atoms with Crippen molar-refractivity contribution in [2.75, 3.05) is 0 Å². The lowest BCUT2D eigenvalue weighted by Gasteiger charge is -2.28. The summed E-state index contributed by atoms with van der Waals surface area (Å²) in [7, 11) is 0. The van der Waals surface area contributed by atoms with Crippen LogP contribution in [0.5, 0.6) is 0 Å². The van der Waals surface area contributed by atoms with E-state index in [0.29, 0.717) is 24.6 Å². The number of Topliss-reactive ketones (excluding diaryl/α,β-unsaturated/α-hetero) is 3. The van der Waals surface area contributed by atoms with Crippen LogP contribution in [0.3, 0.4) is 0 Å². The molecule has 0 aromatic heterocycles. The van der Waals surface area contributed by atoms with Crippen LogP contribution < -0.4 is 0 Å². The quantitative estimate of drug-likeness (QED) is 0.0489. The Labute approximate surface area is 297 Å². The molecule has 0 bridgehead atoms. The van der Waals surface area contributed by atoms with Crippen molar-refractivity contribution in [2.45, 2.75) is 217 Å². The summed E-state index contributed by atoms with van der Waals surface area (Å²) in [6, 6.07) is 0. The van der Waals surface area contributed by atoms with E-state index >= 15 is 0 Å². The van der Waals surface area contributed by atoms with Crippen LogP contribution in [-0.2, 0) is 24.0 Å². The molecule has 0 radical (unpaired) electrons. The van der Waals surface area contributed by atoms with Crippen LogP contribution in [0.4, 0.5) is 0 Å². The number of carboxylic acids is 2. The number of ketones is 3. The van der Waals surface area contributed by atoms with E-state index in [4.69, 9.17) is 0 Å². The highest BCUT2D eigenvalue weighted by molar-refractivity contribution is 8.03. The van der Waals surface area contributed by atoms with Gasteiger partial charge in [-0.15, -0.1) is 11.8 Å². The highest BCUT2D eigenvalue weighted by Crippen LogP contribution is 2.35. The van der Waals surface area contributed by atoms with Gasteiger partial charge in [-0.2, -0.15) is 0 Å². The van der Waals surface area contributed by atoms with E-state index in [0.717, 1.165) is 58.3 Å². The minimum absolute atomic E-state index is 0.0490. The molecule has 0 aliphatic rings. The zero-order valence-corrected chi connectivity index (χ0v) is 32.1. The van der Waals surface area contributed by atoms with Crippen molar-refractivity contribution in [2.24, 2.45) is 5.92 Å². The Kier molecular flexibility index (Phi) is 29.1. The van der Waals surface area contributed by atoms with E-state index in [9.17, 15) is 34.2 Å². The molecule has 2 unspecified atom stereocenters. The molecular weight excluding hydrogens is 625 g/mol. The lowest BCUT2D eigenvalue weighted by Crippen LogP contribution is -2.50. The molecule has 0 aromatic rings. The first-order valence-corrected chi connectivity index (χ1v) is 20.6. The smallest absolute Gasteiger partial charge is 0.327 e. The number of carboxylic acid groups (broad SMARTS) is 2. The summed E-state index contributed by atoms with van der Waals surface area (Å²) in [5.41, 5.74) is 0. The van der Waals surface area contributed by atoms with E-state index in [1.165, 1.54) is 110 Å². The van der Waals surface area contributed by atoms with Crippen molar-refractivity contribution in [3.05, 3.63) is 0 Å². The van der Waals surface area contributed by atoms with Crippen LogP contribution in [0.1, 0.15) is 207 Å². The summed E-state index contributed by atoms with van der Waals surface area (Å²) in [5, 5.41) is 18.2. The Morgan fingerprint density at radius 3 is 1.02 bits per heavy atom. The maximum atomic E-state index is 13.7. The third-order valence-corrected chi connectivity index (χ3v) is 11.0. The molecule has 0 saturated heterocycles. The van der Waals surface area contributed by atoms with E-state index in [2.05, 4.69) is 13.8 Å². The van der Waals surface area contributed by atoms with Gasteiger partial charge in [-0.25, -0.2) is 0 Å². The number of thioether (sulfide) groups is 1. The molecule has 8 heteroatoms. The molecule has 0 heterocycles. The summed E-state index contributed by atoms with van der Waals surface area (Å²) in [6.07, 6.45) is 30.0. The van der Waals surface area contributed by atoms with Crippen molar-refractivity contribution in [1.82, 2.24) is 0 Å². The summed E-state index contributed by atoms with van der Waals surface area (Å²) in [6.45, 7) is 6.90. The number of carbonyl (C=O) groups is 5. The van der Waals surface area contributed by atoms with Crippen molar-refractivity contribution in [3.8, 4) is 0 Å². The lowest BCUT2D eigenvalue weighted by molar-refractivity contribution is -0.147. The van der Waals surface area contributed by atoms with Crippen LogP contribution in [0, 0.1) is 5.92 Å². The molecule has 0 amide bonds. The number of unbranched alkanes of at least 4 members (excludes halogenated alkanes) is 24. The predicted octanol–water partition coefficient (Wildman–Crippen LogP) is 11.3. The first-order valence-electron chi connectivity index (χ1n) is 19.8. The molecule has 2 N–H and O–H groups in total. The van der Waals surface area contributed by atoms with Gasteiger partial charge >= 0.3 is 11.9 Å². The van der Waals surface area contributed by atoms with Gasteiger partial charge < -0.3 is 10.2 Å². The second kappa shape index (κ2) is 30.2. The normalized spacial score (nSPS) is 13.4. The molecule has 0 spiro atoms. The maximum Gasteiger partial charge on any atom is 0.327 e. The zero-order valence-electron chi connectivity index (χ0n) is 31.3. The Morgan fingerprint density at radius 1 is 0.500 bits per heavy atom. The molecule has 0 aromatic carbocycles. The van der Waals surface area contributed by atoms with E-state index in [1.54, 1.807) is 0 Å².